The maximum atomic E-state index is 11.3. The van der Waals surface area contributed by atoms with Gasteiger partial charge < -0.3 is 11.1 Å². The molecule has 1 heterocycles. The first kappa shape index (κ1) is 14.5. The number of carbonyl (C=O) groups is 1. The number of amides is 1. The van der Waals surface area contributed by atoms with Crippen LogP contribution in [0.1, 0.15) is 40.2 Å². The average molecular weight is 249 g/mol. The number of hydrogen-bond donors (Lipinski definition) is 2. The molecule has 0 saturated heterocycles. The van der Waals surface area contributed by atoms with E-state index >= 15 is 0 Å². The SMILES string of the molecule is CC(C)C(Nc1ccc(C(C)(C)C)cn1)C(N)=O. The van der Waals surface area contributed by atoms with Gasteiger partial charge in [0.15, 0.2) is 0 Å². The Hall–Kier alpha value is -1.58. The smallest absolute Gasteiger partial charge is 0.240 e. The lowest BCUT2D eigenvalue weighted by Crippen LogP contribution is -2.39. The van der Waals surface area contributed by atoms with Gasteiger partial charge >= 0.3 is 0 Å². The number of nitrogens with zero attached hydrogens (tertiary/aromatic N) is 1. The molecule has 1 aromatic rings. The van der Waals surface area contributed by atoms with Crippen LogP contribution in [0.5, 0.6) is 0 Å². The minimum absolute atomic E-state index is 0.0761. The number of hydrogen-bond acceptors (Lipinski definition) is 3. The molecular formula is C14H23N3O. The molecule has 0 bridgehead atoms. The summed E-state index contributed by atoms with van der Waals surface area (Å²) in [5, 5.41) is 3.07. The van der Waals surface area contributed by atoms with Crippen LogP contribution in [-0.2, 0) is 10.2 Å². The molecule has 1 amide bonds. The number of primary amides is 1. The second kappa shape index (κ2) is 5.38. The molecule has 0 fully saturated rings. The average Bonchev–Trinajstić information content (AvgIpc) is 2.24. The second-order valence-electron chi connectivity index (χ2n) is 5.95. The van der Waals surface area contributed by atoms with Crippen LogP contribution >= 0.6 is 0 Å². The van der Waals surface area contributed by atoms with Crippen LogP contribution in [0.3, 0.4) is 0 Å². The molecular weight excluding hydrogens is 226 g/mol. The van der Waals surface area contributed by atoms with Crippen LogP contribution < -0.4 is 11.1 Å². The third-order valence-corrected chi connectivity index (χ3v) is 2.91. The maximum absolute atomic E-state index is 11.3. The fourth-order valence-corrected chi connectivity index (χ4v) is 1.65. The lowest BCUT2D eigenvalue weighted by molar-refractivity contribution is -0.119. The van der Waals surface area contributed by atoms with Crippen LogP contribution in [-0.4, -0.2) is 16.9 Å². The summed E-state index contributed by atoms with van der Waals surface area (Å²) in [5.41, 5.74) is 6.59. The molecule has 1 rings (SSSR count). The highest BCUT2D eigenvalue weighted by Crippen LogP contribution is 2.22. The Morgan fingerprint density at radius 3 is 2.28 bits per heavy atom. The number of aromatic nitrogens is 1. The Morgan fingerprint density at radius 1 is 1.33 bits per heavy atom. The summed E-state index contributed by atoms with van der Waals surface area (Å²) in [5.74, 6) is 0.457. The van der Waals surface area contributed by atoms with Crippen molar-refractivity contribution < 1.29 is 4.79 Å². The first-order valence-corrected chi connectivity index (χ1v) is 6.24. The number of pyridine rings is 1. The molecule has 0 aliphatic heterocycles. The highest BCUT2D eigenvalue weighted by atomic mass is 16.1. The highest BCUT2D eigenvalue weighted by molar-refractivity contribution is 5.82. The number of carbonyl (C=O) groups excluding carboxylic acids is 1. The van der Waals surface area contributed by atoms with E-state index in [0.29, 0.717) is 5.82 Å². The standard InChI is InChI=1S/C14H23N3O/c1-9(2)12(13(15)18)17-11-7-6-10(8-16-11)14(3,4)5/h6-9,12H,1-5H3,(H2,15,18)(H,16,17). The van der Waals surface area contributed by atoms with E-state index in [1.54, 1.807) is 0 Å². The molecule has 0 aromatic carbocycles. The Morgan fingerprint density at radius 2 is 1.94 bits per heavy atom. The van der Waals surface area contributed by atoms with E-state index in [-0.39, 0.29) is 17.2 Å². The largest absolute Gasteiger partial charge is 0.368 e. The van der Waals surface area contributed by atoms with Gasteiger partial charge in [-0.2, -0.15) is 0 Å². The van der Waals surface area contributed by atoms with Gasteiger partial charge in [-0.25, -0.2) is 4.98 Å². The number of rotatable bonds is 4. The normalized spacial score (nSPS) is 13.4. The van der Waals surface area contributed by atoms with Gasteiger partial charge in [0.1, 0.15) is 11.9 Å². The number of anilines is 1. The van der Waals surface area contributed by atoms with Crippen molar-refractivity contribution >= 4 is 11.7 Å². The van der Waals surface area contributed by atoms with Gasteiger partial charge in [-0.05, 0) is 23.0 Å². The van der Waals surface area contributed by atoms with Gasteiger partial charge in [0, 0.05) is 6.20 Å². The van der Waals surface area contributed by atoms with E-state index < -0.39 is 6.04 Å². The zero-order valence-electron chi connectivity index (χ0n) is 11.8. The predicted octanol–water partition coefficient (Wildman–Crippen LogP) is 2.30. The Bertz CT molecular complexity index is 404. The molecule has 100 valence electrons. The molecule has 4 nitrogen and oxygen atoms in total. The monoisotopic (exact) mass is 249 g/mol. The van der Waals surface area contributed by atoms with Crippen molar-refractivity contribution in [1.29, 1.82) is 0 Å². The fraction of sp³-hybridized carbons (Fsp3) is 0.571. The summed E-state index contributed by atoms with van der Waals surface area (Å²) < 4.78 is 0. The van der Waals surface area contributed by atoms with Gasteiger partial charge in [-0.1, -0.05) is 40.7 Å². The minimum atomic E-state index is -0.391. The van der Waals surface area contributed by atoms with Crippen LogP contribution in [0.25, 0.3) is 0 Å². The Balaban J connectivity index is 2.83. The first-order chi connectivity index (χ1) is 8.21. The summed E-state index contributed by atoms with van der Waals surface area (Å²) in [7, 11) is 0. The summed E-state index contributed by atoms with van der Waals surface area (Å²) in [6.07, 6.45) is 1.83. The van der Waals surface area contributed by atoms with Crippen LogP contribution in [0.2, 0.25) is 0 Å². The lowest BCUT2D eigenvalue weighted by atomic mass is 9.88. The van der Waals surface area contributed by atoms with E-state index in [9.17, 15) is 4.79 Å². The van der Waals surface area contributed by atoms with Gasteiger partial charge in [-0.15, -0.1) is 0 Å². The quantitative estimate of drug-likeness (QED) is 0.860. The first-order valence-electron chi connectivity index (χ1n) is 6.24. The lowest BCUT2D eigenvalue weighted by Gasteiger charge is -2.21. The van der Waals surface area contributed by atoms with Gasteiger partial charge in [0.05, 0.1) is 0 Å². The topological polar surface area (TPSA) is 68.0 Å². The summed E-state index contributed by atoms with van der Waals surface area (Å²) in [4.78, 5) is 15.6. The zero-order chi connectivity index (χ0) is 13.9. The molecule has 0 spiro atoms. The molecule has 1 atom stereocenters. The van der Waals surface area contributed by atoms with E-state index in [0.717, 1.165) is 5.56 Å². The van der Waals surface area contributed by atoms with Crippen molar-refractivity contribution in [2.24, 2.45) is 11.7 Å². The number of nitrogens with two attached hydrogens (primary N) is 1. The van der Waals surface area contributed by atoms with E-state index in [4.69, 9.17) is 5.73 Å². The van der Waals surface area contributed by atoms with Crippen LogP contribution in [0, 0.1) is 5.92 Å². The van der Waals surface area contributed by atoms with Gasteiger partial charge in [0.2, 0.25) is 5.91 Å². The van der Waals surface area contributed by atoms with Crippen molar-refractivity contribution in [3.63, 3.8) is 0 Å². The van der Waals surface area contributed by atoms with Crippen molar-refractivity contribution in [2.45, 2.75) is 46.1 Å². The van der Waals surface area contributed by atoms with E-state index in [1.165, 1.54) is 0 Å². The molecule has 1 aromatic heterocycles. The second-order valence-corrected chi connectivity index (χ2v) is 5.95. The van der Waals surface area contributed by atoms with Crippen molar-refractivity contribution in [2.75, 3.05) is 5.32 Å². The molecule has 3 N–H and O–H groups in total. The molecule has 0 saturated carbocycles. The van der Waals surface area contributed by atoms with E-state index in [1.807, 2.05) is 32.2 Å². The molecule has 18 heavy (non-hydrogen) atoms. The third kappa shape index (κ3) is 3.72. The van der Waals surface area contributed by atoms with Gasteiger partial charge in [-0.3, -0.25) is 4.79 Å². The predicted molar refractivity (Wildman–Crippen MR) is 74.4 cm³/mol. The highest BCUT2D eigenvalue weighted by Gasteiger charge is 2.20. The fourth-order valence-electron chi connectivity index (χ4n) is 1.65. The Labute approximate surface area is 109 Å². The maximum Gasteiger partial charge on any atom is 0.240 e. The van der Waals surface area contributed by atoms with Crippen LogP contribution in [0.4, 0.5) is 5.82 Å². The molecule has 4 heteroatoms. The molecule has 0 radical (unpaired) electrons. The van der Waals surface area contributed by atoms with Crippen molar-refractivity contribution in [1.82, 2.24) is 4.98 Å². The minimum Gasteiger partial charge on any atom is -0.368 e. The van der Waals surface area contributed by atoms with Crippen molar-refractivity contribution in [3.8, 4) is 0 Å². The third-order valence-electron chi connectivity index (χ3n) is 2.91. The summed E-state index contributed by atoms with van der Waals surface area (Å²) >= 11 is 0. The summed E-state index contributed by atoms with van der Waals surface area (Å²) in [6.45, 7) is 10.3. The molecule has 0 aliphatic carbocycles. The van der Waals surface area contributed by atoms with Crippen molar-refractivity contribution in [3.05, 3.63) is 23.9 Å². The van der Waals surface area contributed by atoms with Gasteiger partial charge in [0.25, 0.3) is 0 Å². The Kier molecular flexibility index (Phi) is 4.33. The molecule has 0 aliphatic rings. The summed E-state index contributed by atoms with van der Waals surface area (Å²) in [6, 6.07) is 3.52. The molecule has 1 unspecified atom stereocenters. The number of nitrogens with one attached hydrogen (secondary N) is 1. The zero-order valence-corrected chi connectivity index (χ0v) is 11.8. The van der Waals surface area contributed by atoms with E-state index in [2.05, 4.69) is 31.1 Å². The van der Waals surface area contributed by atoms with Crippen LogP contribution in [0.15, 0.2) is 18.3 Å².